The summed E-state index contributed by atoms with van der Waals surface area (Å²) in [6.07, 6.45) is -5.11. The van der Waals surface area contributed by atoms with Crippen molar-refractivity contribution in [3.8, 4) is 11.8 Å². The Morgan fingerprint density at radius 1 is 1.45 bits per heavy atom. The van der Waals surface area contributed by atoms with E-state index in [2.05, 4.69) is 9.47 Å². The molecular weight excluding hydrogens is 299 g/mol. The summed E-state index contributed by atoms with van der Waals surface area (Å²) in [5.41, 5.74) is -0.0557. The van der Waals surface area contributed by atoms with E-state index in [0.29, 0.717) is 5.56 Å². The zero-order valence-corrected chi connectivity index (χ0v) is 11.0. The lowest BCUT2D eigenvalue weighted by Gasteiger charge is -2.14. The van der Waals surface area contributed by atoms with E-state index in [1.165, 1.54) is 13.2 Å². The smallest absolute Gasteiger partial charge is 0.469 e. The molecule has 0 atom stereocenters. The lowest BCUT2D eigenvalue weighted by Crippen LogP contribution is -2.19. The minimum Gasteiger partial charge on any atom is -0.469 e. The summed E-state index contributed by atoms with van der Waals surface area (Å²) in [6.45, 7) is 0. The number of ether oxygens (including phenoxy) is 2. The van der Waals surface area contributed by atoms with Crippen LogP contribution in [0.25, 0.3) is 0 Å². The molecule has 0 unspecified atom stereocenters. The molecule has 0 aliphatic rings. The molecule has 108 valence electrons. The summed E-state index contributed by atoms with van der Waals surface area (Å²) >= 11 is 5.56. The maximum Gasteiger partial charge on any atom is 0.573 e. The Morgan fingerprint density at radius 2 is 2.10 bits per heavy atom. The van der Waals surface area contributed by atoms with Gasteiger partial charge in [0.05, 0.1) is 25.0 Å². The molecule has 0 aromatic heterocycles. The summed E-state index contributed by atoms with van der Waals surface area (Å²) in [5.74, 6) is -1.53. The molecule has 1 aromatic carbocycles. The van der Waals surface area contributed by atoms with Crippen molar-refractivity contribution in [2.24, 2.45) is 0 Å². The van der Waals surface area contributed by atoms with Gasteiger partial charge in [-0.25, -0.2) is 0 Å². The molecule has 0 bridgehead atoms. The van der Waals surface area contributed by atoms with Gasteiger partial charge in [0.1, 0.15) is 6.07 Å². The van der Waals surface area contributed by atoms with Crippen LogP contribution in [0.4, 0.5) is 13.2 Å². The number of carbonyl (C=O) groups excluding carboxylic acids is 1. The van der Waals surface area contributed by atoms with Gasteiger partial charge >= 0.3 is 12.3 Å². The number of nitriles is 1. The number of hydrogen-bond donors (Lipinski definition) is 0. The van der Waals surface area contributed by atoms with Crippen molar-refractivity contribution < 1.29 is 27.4 Å². The Labute approximate surface area is 117 Å². The number of halogens is 4. The molecule has 0 N–H and O–H groups in total. The highest BCUT2D eigenvalue weighted by atomic mass is 35.5. The van der Waals surface area contributed by atoms with Crippen molar-refractivity contribution in [1.29, 1.82) is 5.26 Å². The number of methoxy groups -OCH3 is 1. The third-order valence-corrected chi connectivity index (χ3v) is 2.57. The van der Waals surface area contributed by atoms with Crippen molar-refractivity contribution in [3.63, 3.8) is 0 Å². The molecule has 1 aromatic rings. The minimum atomic E-state index is -4.93. The third-order valence-electron chi connectivity index (χ3n) is 2.28. The Morgan fingerprint density at radius 3 is 2.55 bits per heavy atom. The molecule has 1 rings (SSSR count). The number of alkyl halides is 4. The largest absolute Gasteiger partial charge is 0.573 e. The normalized spacial score (nSPS) is 10.8. The lowest BCUT2D eigenvalue weighted by atomic mass is 10.0. The predicted octanol–water partition coefficient (Wildman–Crippen LogP) is 2.91. The van der Waals surface area contributed by atoms with Gasteiger partial charge in [-0.2, -0.15) is 5.26 Å². The van der Waals surface area contributed by atoms with E-state index in [9.17, 15) is 18.0 Å². The highest BCUT2D eigenvalue weighted by Gasteiger charge is 2.33. The molecule has 4 nitrogen and oxygen atoms in total. The van der Waals surface area contributed by atoms with Gasteiger partial charge in [-0.15, -0.1) is 24.8 Å². The first kappa shape index (κ1) is 16.1. The van der Waals surface area contributed by atoms with Gasteiger partial charge in [-0.3, -0.25) is 4.79 Å². The molecule has 0 radical (unpaired) electrons. The molecule has 0 saturated heterocycles. The van der Waals surface area contributed by atoms with E-state index in [1.54, 1.807) is 6.07 Å². The number of rotatable bonds is 4. The molecule has 0 fully saturated rings. The van der Waals surface area contributed by atoms with Crippen molar-refractivity contribution in [1.82, 2.24) is 0 Å². The molecule has 20 heavy (non-hydrogen) atoms. The molecule has 0 spiro atoms. The molecule has 8 heteroatoms. The average Bonchev–Trinajstić information content (AvgIpc) is 2.38. The van der Waals surface area contributed by atoms with Crippen LogP contribution in [0.1, 0.15) is 16.7 Å². The maximum atomic E-state index is 12.3. The maximum absolute atomic E-state index is 12.3. The van der Waals surface area contributed by atoms with Gasteiger partial charge in [0.15, 0.2) is 5.75 Å². The van der Waals surface area contributed by atoms with Gasteiger partial charge in [0.25, 0.3) is 0 Å². The van der Waals surface area contributed by atoms with Crippen LogP contribution in [0.2, 0.25) is 0 Å². The fraction of sp³-hybridized carbons (Fsp3) is 0.333. The van der Waals surface area contributed by atoms with Gasteiger partial charge in [-0.1, -0.05) is 6.07 Å². The summed E-state index contributed by atoms with van der Waals surface area (Å²) in [4.78, 5) is 11.1. The van der Waals surface area contributed by atoms with Crippen molar-refractivity contribution in [2.45, 2.75) is 18.7 Å². The molecule has 0 saturated carbocycles. The molecule has 0 aliphatic carbocycles. The first-order valence-corrected chi connectivity index (χ1v) is 5.78. The molecular formula is C12H9ClF3NO3. The monoisotopic (exact) mass is 307 g/mol. The Balaban J connectivity index is 3.25. The minimum absolute atomic E-state index is 0.0260. The van der Waals surface area contributed by atoms with Crippen LogP contribution in [-0.4, -0.2) is 19.4 Å². The highest BCUT2D eigenvalue weighted by molar-refractivity contribution is 6.17. The number of benzene rings is 1. The first-order valence-electron chi connectivity index (χ1n) is 5.25. The molecule has 0 amide bonds. The van der Waals surface area contributed by atoms with E-state index >= 15 is 0 Å². The predicted molar refractivity (Wildman–Crippen MR) is 63.1 cm³/mol. The van der Waals surface area contributed by atoms with E-state index in [4.69, 9.17) is 16.9 Å². The van der Waals surface area contributed by atoms with E-state index in [0.717, 1.165) is 6.07 Å². The lowest BCUT2D eigenvalue weighted by molar-refractivity contribution is -0.275. The van der Waals surface area contributed by atoms with Gasteiger partial charge in [0, 0.05) is 5.56 Å². The summed E-state index contributed by atoms with van der Waals surface area (Å²) in [5, 5.41) is 8.89. The Hall–Kier alpha value is -1.94. The van der Waals surface area contributed by atoms with E-state index in [1.807, 2.05) is 0 Å². The fourth-order valence-corrected chi connectivity index (χ4v) is 1.71. The van der Waals surface area contributed by atoms with Gasteiger partial charge < -0.3 is 9.47 Å². The first-order chi connectivity index (χ1) is 9.30. The second-order valence-electron chi connectivity index (χ2n) is 3.68. The average molecular weight is 308 g/mol. The van der Waals surface area contributed by atoms with Crippen molar-refractivity contribution >= 4 is 17.6 Å². The Bertz CT molecular complexity index is 552. The quantitative estimate of drug-likeness (QED) is 0.634. The van der Waals surface area contributed by atoms with Gasteiger partial charge in [0.2, 0.25) is 0 Å². The van der Waals surface area contributed by atoms with Crippen molar-refractivity contribution in [2.75, 3.05) is 7.11 Å². The van der Waals surface area contributed by atoms with Crippen LogP contribution in [0.15, 0.2) is 12.1 Å². The summed E-state index contributed by atoms with van der Waals surface area (Å²) in [7, 11) is 1.18. The van der Waals surface area contributed by atoms with E-state index in [-0.39, 0.29) is 23.4 Å². The topological polar surface area (TPSA) is 59.3 Å². The van der Waals surface area contributed by atoms with Crippen LogP contribution in [-0.2, 0) is 21.8 Å². The summed E-state index contributed by atoms with van der Waals surface area (Å²) in [6, 6.07) is 3.99. The second-order valence-corrected chi connectivity index (χ2v) is 3.95. The Kier molecular flexibility index (Phi) is 5.22. The van der Waals surface area contributed by atoms with Crippen LogP contribution in [0.3, 0.4) is 0 Å². The van der Waals surface area contributed by atoms with Crippen LogP contribution >= 0.6 is 11.6 Å². The SMILES string of the molecule is COC(=O)Cc1cc(C#N)c(OC(F)(F)F)c(CCl)c1. The number of carbonyl (C=O) groups is 1. The van der Waals surface area contributed by atoms with E-state index < -0.39 is 18.1 Å². The van der Waals surface area contributed by atoms with Crippen molar-refractivity contribution in [3.05, 3.63) is 28.8 Å². The summed E-state index contributed by atoms with van der Waals surface area (Å²) < 4.78 is 45.1. The van der Waals surface area contributed by atoms with Crippen LogP contribution in [0.5, 0.6) is 5.75 Å². The van der Waals surface area contributed by atoms with Crippen LogP contribution in [0, 0.1) is 11.3 Å². The molecule has 0 aliphatic heterocycles. The standard InChI is InChI=1S/C12H9ClF3NO3/c1-19-10(18)4-7-2-8(5-13)11(9(3-7)6-17)20-12(14,15)16/h2-3H,4-5H2,1H3. The second kappa shape index (κ2) is 6.48. The third kappa shape index (κ3) is 4.31. The number of esters is 1. The molecule has 0 heterocycles. The highest BCUT2D eigenvalue weighted by Crippen LogP contribution is 2.32. The fourth-order valence-electron chi connectivity index (χ4n) is 1.51. The van der Waals surface area contributed by atoms with Crippen LogP contribution < -0.4 is 4.74 Å². The number of nitrogens with zero attached hydrogens (tertiary/aromatic N) is 1. The zero-order chi connectivity index (χ0) is 15.3. The zero-order valence-electron chi connectivity index (χ0n) is 10.3. The van der Waals surface area contributed by atoms with Gasteiger partial charge in [-0.05, 0) is 11.6 Å². The number of hydrogen-bond acceptors (Lipinski definition) is 4.